The van der Waals surface area contributed by atoms with Crippen molar-refractivity contribution in [3.63, 3.8) is 0 Å². The Balaban J connectivity index is 1.66. The maximum Gasteiger partial charge on any atom is 0.246 e. The van der Waals surface area contributed by atoms with E-state index in [9.17, 15) is 9.59 Å². The van der Waals surface area contributed by atoms with Crippen LogP contribution in [0.3, 0.4) is 0 Å². The van der Waals surface area contributed by atoms with Crippen molar-refractivity contribution in [2.75, 3.05) is 32.8 Å². The molecule has 0 atom stereocenters. The average Bonchev–Trinajstić information content (AvgIpc) is 2.43. The minimum absolute atomic E-state index is 0.0429. The van der Waals surface area contributed by atoms with E-state index in [0.29, 0.717) is 0 Å². The number of amides is 2. The molecule has 21 heavy (non-hydrogen) atoms. The van der Waals surface area contributed by atoms with Gasteiger partial charge >= 0.3 is 0 Å². The maximum atomic E-state index is 11.9. The lowest BCUT2D eigenvalue weighted by atomic mass is 10.0. The van der Waals surface area contributed by atoms with Crippen LogP contribution in [0.1, 0.15) is 33.6 Å². The molecule has 6 heteroatoms. The van der Waals surface area contributed by atoms with E-state index >= 15 is 0 Å². The molecule has 2 aliphatic heterocycles. The topological polar surface area (TPSA) is 70.7 Å². The summed E-state index contributed by atoms with van der Waals surface area (Å²) in [7, 11) is 0. The van der Waals surface area contributed by atoms with Crippen molar-refractivity contribution in [1.29, 1.82) is 0 Å². The molecule has 0 spiro atoms. The molecule has 0 bridgehead atoms. The lowest BCUT2D eigenvalue weighted by molar-refractivity contribution is -0.137. The standard InChI is InChI=1S/C15H27N3O3/c1-11(2)14(20)18-6-4-12(5-7-18)17-13(19)8-21-15(3)9-16-10-15/h11-12,16H,4-10H2,1-3H3,(H,17,19). The van der Waals surface area contributed by atoms with E-state index in [-0.39, 0.29) is 36.0 Å². The molecular formula is C15H27N3O3. The molecule has 0 aliphatic carbocycles. The summed E-state index contributed by atoms with van der Waals surface area (Å²) in [4.78, 5) is 25.7. The van der Waals surface area contributed by atoms with Gasteiger partial charge in [-0.05, 0) is 19.8 Å². The fourth-order valence-electron chi connectivity index (χ4n) is 2.70. The van der Waals surface area contributed by atoms with Gasteiger partial charge in [0.25, 0.3) is 0 Å². The van der Waals surface area contributed by atoms with Crippen molar-refractivity contribution in [3.05, 3.63) is 0 Å². The third-order valence-electron chi connectivity index (χ3n) is 4.22. The number of hydrogen-bond donors (Lipinski definition) is 2. The first kappa shape index (κ1) is 16.2. The smallest absolute Gasteiger partial charge is 0.246 e. The first-order valence-electron chi connectivity index (χ1n) is 7.82. The summed E-state index contributed by atoms with van der Waals surface area (Å²) in [6.45, 7) is 9.02. The van der Waals surface area contributed by atoms with Crippen LogP contribution in [0, 0.1) is 5.92 Å². The Kier molecular flexibility index (Phi) is 5.22. The van der Waals surface area contributed by atoms with Gasteiger partial charge in [0.15, 0.2) is 0 Å². The van der Waals surface area contributed by atoms with Crippen LogP contribution in [-0.4, -0.2) is 61.1 Å². The van der Waals surface area contributed by atoms with Crippen LogP contribution >= 0.6 is 0 Å². The van der Waals surface area contributed by atoms with Crippen molar-refractivity contribution in [2.24, 2.45) is 5.92 Å². The molecule has 2 aliphatic rings. The summed E-state index contributed by atoms with van der Waals surface area (Å²) >= 11 is 0. The summed E-state index contributed by atoms with van der Waals surface area (Å²) in [5.74, 6) is 0.187. The molecule has 2 amide bonds. The zero-order valence-corrected chi connectivity index (χ0v) is 13.3. The number of likely N-dealkylation sites (tertiary alicyclic amines) is 1. The van der Waals surface area contributed by atoms with Gasteiger partial charge in [-0.1, -0.05) is 13.8 Å². The fourth-order valence-corrected chi connectivity index (χ4v) is 2.70. The predicted octanol–water partition coefficient (Wildman–Crippen LogP) is 0.128. The fraction of sp³-hybridized carbons (Fsp3) is 0.867. The normalized spacial score (nSPS) is 22.0. The molecule has 0 radical (unpaired) electrons. The molecule has 2 rings (SSSR count). The number of nitrogens with one attached hydrogen (secondary N) is 2. The molecule has 2 heterocycles. The third kappa shape index (κ3) is 4.41. The second-order valence-corrected chi connectivity index (χ2v) is 6.66. The Labute approximate surface area is 126 Å². The van der Waals surface area contributed by atoms with Gasteiger partial charge in [-0.2, -0.15) is 0 Å². The van der Waals surface area contributed by atoms with Gasteiger partial charge in [0.05, 0.1) is 5.60 Å². The molecule has 0 aromatic carbocycles. The van der Waals surface area contributed by atoms with Gasteiger partial charge in [0.1, 0.15) is 6.61 Å². The number of rotatable bonds is 5. The van der Waals surface area contributed by atoms with Gasteiger partial charge < -0.3 is 20.3 Å². The van der Waals surface area contributed by atoms with Crippen molar-refractivity contribution >= 4 is 11.8 Å². The van der Waals surface area contributed by atoms with Crippen LogP contribution < -0.4 is 10.6 Å². The molecule has 0 unspecified atom stereocenters. The van der Waals surface area contributed by atoms with E-state index in [1.165, 1.54) is 0 Å². The lowest BCUT2D eigenvalue weighted by Gasteiger charge is -2.39. The van der Waals surface area contributed by atoms with E-state index in [0.717, 1.165) is 39.0 Å². The Morgan fingerprint density at radius 2 is 1.95 bits per heavy atom. The number of ether oxygens (including phenoxy) is 1. The van der Waals surface area contributed by atoms with Crippen LogP contribution in [0.15, 0.2) is 0 Å². The quantitative estimate of drug-likeness (QED) is 0.757. The van der Waals surface area contributed by atoms with Gasteiger partial charge in [-0.25, -0.2) is 0 Å². The first-order valence-corrected chi connectivity index (χ1v) is 7.82. The van der Waals surface area contributed by atoms with E-state index in [1.54, 1.807) is 0 Å². The minimum atomic E-state index is -0.190. The van der Waals surface area contributed by atoms with Gasteiger partial charge in [-0.15, -0.1) is 0 Å². The summed E-state index contributed by atoms with van der Waals surface area (Å²) in [6.07, 6.45) is 1.64. The highest BCUT2D eigenvalue weighted by molar-refractivity contribution is 5.79. The number of hydrogen-bond acceptors (Lipinski definition) is 4. The molecule has 2 saturated heterocycles. The monoisotopic (exact) mass is 297 g/mol. The molecular weight excluding hydrogens is 270 g/mol. The molecule has 2 fully saturated rings. The van der Waals surface area contributed by atoms with Crippen LogP contribution in [0.4, 0.5) is 0 Å². The Bertz CT molecular complexity index is 386. The molecule has 120 valence electrons. The Morgan fingerprint density at radius 3 is 2.43 bits per heavy atom. The van der Waals surface area contributed by atoms with E-state index in [2.05, 4.69) is 10.6 Å². The zero-order valence-electron chi connectivity index (χ0n) is 13.3. The molecule has 0 aromatic heterocycles. The second kappa shape index (κ2) is 6.75. The number of carbonyl (C=O) groups is 2. The summed E-state index contributed by atoms with van der Waals surface area (Å²) in [5, 5.41) is 6.14. The first-order chi connectivity index (χ1) is 9.89. The Hall–Kier alpha value is -1.14. The highest BCUT2D eigenvalue weighted by Gasteiger charge is 2.33. The van der Waals surface area contributed by atoms with Gasteiger partial charge in [0.2, 0.25) is 11.8 Å². The van der Waals surface area contributed by atoms with Crippen LogP contribution in [0.25, 0.3) is 0 Å². The van der Waals surface area contributed by atoms with Gasteiger partial charge in [0, 0.05) is 38.1 Å². The number of carbonyl (C=O) groups excluding carboxylic acids is 2. The van der Waals surface area contributed by atoms with Crippen LogP contribution in [0.2, 0.25) is 0 Å². The summed E-state index contributed by atoms with van der Waals surface area (Å²) in [5.41, 5.74) is -0.190. The summed E-state index contributed by atoms with van der Waals surface area (Å²) < 4.78 is 5.62. The van der Waals surface area contributed by atoms with Crippen molar-refractivity contribution < 1.29 is 14.3 Å². The second-order valence-electron chi connectivity index (χ2n) is 6.66. The molecule has 2 N–H and O–H groups in total. The third-order valence-corrected chi connectivity index (χ3v) is 4.22. The predicted molar refractivity (Wildman–Crippen MR) is 79.8 cm³/mol. The number of nitrogens with zero attached hydrogens (tertiary/aromatic N) is 1. The van der Waals surface area contributed by atoms with E-state index < -0.39 is 0 Å². The molecule has 6 nitrogen and oxygen atoms in total. The SMILES string of the molecule is CC(C)C(=O)N1CCC(NC(=O)COC2(C)CNC2)CC1. The van der Waals surface area contributed by atoms with Gasteiger partial charge in [-0.3, -0.25) is 9.59 Å². The van der Waals surface area contributed by atoms with E-state index in [1.807, 2.05) is 25.7 Å². The van der Waals surface area contributed by atoms with Crippen molar-refractivity contribution in [1.82, 2.24) is 15.5 Å². The molecule has 0 aromatic rings. The number of piperidine rings is 1. The maximum absolute atomic E-state index is 11.9. The highest BCUT2D eigenvalue weighted by atomic mass is 16.5. The minimum Gasteiger partial charge on any atom is -0.363 e. The van der Waals surface area contributed by atoms with E-state index in [4.69, 9.17) is 4.74 Å². The lowest BCUT2D eigenvalue weighted by Crippen LogP contribution is -2.60. The zero-order chi connectivity index (χ0) is 15.5. The summed E-state index contributed by atoms with van der Waals surface area (Å²) in [6, 6.07) is 0.157. The van der Waals surface area contributed by atoms with Crippen LogP contribution in [-0.2, 0) is 14.3 Å². The highest BCUT2D eigenvalue weighted by Crippen LogP contribution is 2.15. The van der Waals surface area contributed by atoms with Crippen LogP contribution in [0.5, 0.6) is 0 Å². The molecule has 0 saturated carbocycles. The van der Waals surface area contributed by atoms with Crippen molar-refractivity contribution in [3.8, 4) is 0 Å². The van der Waals surface area contributed by atoms with Crippen molar-refractivity contribution in [2.45, 2.75) is 45.3 Å². The average molecular weight is 297 g/mol. The largest absolute Gasteiger partial charge is 0.363 e. The Morgan fingerprint density at radius 1 is 1.33 bits per heavy atom.